The van der Waals surface area contributed by atoms with Gasteiger partial charge in [-0.15, -0.1) is 0 Å². The molecule has 37 heavy (non-hydrogen) atoms. The fourth-order valence-electron chi connectivity index (χ4n) is 3.58. The molecule has 0 saturated carbocycles. The first-order chi connectivity index (χ1) is 17.7. The fraction of sp³-hybridized carbons (Fsp3) is 0.129. The van der Waals surface area contributed by atoms with E-state index in [4.69, 9.17) is 0 Å². The number of hydrogen-bond donors (Lipinski definition) is 0. The van der Waals surface area contributed by atoms with Gasteiger partial charge in [-0.2, -0.15) is 0 Å². The molecule has 5 rings (SSSR count). The van der Waals surface area contributed by atoms with Gasteiger partial charge in [-0.3, -0.25) is 19.9 Å². The van der Waals surface area contributed by atoms with Crippen LogP contribution in [0.15, 0.2) is 110 Å². The van der Waals surface area contributed by atoms with Crippen molar-refractivity contribution >= 4 is 12.2 Å². The first kappa shape index (κ1) is 27.7. The second-order valence-electron chi connectivity index (χ2n) is 8.33. The molecule has 5 aromatic heterocycles. The number of pyridine rings is 5. The summed E-state index contributed by atoms with van der Waals surface area (Å²) in [5, 5.41) is 0. The minimum absolute atomic E-state index is 0. The minimum atomic E-state index is 0. The van der Waals surface area contributed by atoms with E-state index in [2.05, 4.69) is 87.2 Å². The van der Waals surface area contributed by atoms with Gasteiger partial charge in [0.2, 0.25) is 0 Å². The molecular formula is C31H30N5Os+3. The van der Waals surface area contributed by atoms with E-state index in [0.717, 1.165) is 41.3 Å². The zero-order valence-corrected chi connectivity index (χ0v) is 23.6. The summed E-state index contributed by atoms with van der Waals surface area (Å²) in [5.74, 6) is 0. The zero-order valence-electron chi connectivity index (χ0n) is 21.1. The Hall–Kier alpha value is -3.87. The Labute approximate surface area is 232 Å². The van der Waals surface area contributed by atoms with Crippen LogP contribution in [-0.4, -0.2) is 19.9 Å². The number of nitrogens with zero attached hydrogens (tertiary/aromatic N) is 5. The van der Waals surface area contributed by atoms with Crippen LogP contribution in [0.5, 0.6) is 0 Å². The summed E-state index contributed by atoms with van der Waals surface area (Å²) >= 11 is 0. The SMILES string of the molecule is CCC[n+]1ccc(/C=C/c2ccnc(-c3cc(C)ccn3)c2)cc1.[Os+2].c1ccc(-c2ccccn2)nc1. The topological polar surface area (TPSA) is 55.4 Å². The Bertz CT molecular complexity index is 1350. The summed E-state index contributed by atoms with van der Waals surface area (Å²) in [6, 6.07) is 24.0. The number of aromatic nitrogens is 5. The summed E-state index contributed by atoms with van der Waals surface area (Å²) in [5.41, 5.74) is 7.13. The maximum atomic E-state index is 4.44. The Morgan fingerprint density at radius 1 is 0.622 bits per heavy atom. The van der Waals surface area contributed by atoms with Gasteiger partial charge in [0.25, 0.3) is 0 Å². The van der Waals surface area contributed by atoms with Crippen LogP contribution in [-0.2, 0) is 26.3 Å². The monoisotopic (exact) mass is 664 g/mol. The molecule has 0 amide bonds. The van der Waals surface area contributed by atoms with Gasteiger partial charge in [0, 0.05) is 43.3 Å². The predicted octanol–water partition coefficient (Wildman–Crippen LogP) is 6.46. The van der Waals surface area contributed by atoms with Gasteiger partial charge in [0.15, 0.2) is 12.4 Å². The van der Waals surface area contributed by atoms with Crippen molar-refractivity contribution in [2.75, 3.05) is 0 Å². The second kappa shape index (κ2) is 14.6. The molecule has 0 aliphatic carbocycles. The number of aryl methyl sites for hydroxylation is 2. The third kappa shape index (κ3) is 8.63. The minimum Gasteiger partial charge on any atom is -0.255 e. The molecule has 0 saturated heterocycles. The van der Waals surface area contributed by atoms with E-state index in [0.29, 0.717) is 0 Å². The van der Waals surface area contributed by atoms with E-state index in [-0.39, 0.29) is 19.8 Å². The van der Waals surface area contributed by atoms with Gasteiger partial charge in [-0.1, -0.05) is 31.2 Å². The normalized spacial score (nSPS) is 10.3. The molecular weight excluding hydrogens is 633 g/mol. The zero-order chi connectivity index (χ0) is 25.0. The smallest absolute Gasteiger partial charge is 0.255 e. The molecule has 0 spiro atoms. The van der Waals surface area contributed by atoms with Crippen molar-refractivity contribution in [1.29, 1.82) is 0 Å². The summed E-state index contributed by atoms with van der Waals surface area (Å²) < 4.78 is 2.20. The Morgan fingerprint density at radius 2 is 1.19 bits per heavy atom. The first-order valence-electron chi connectivity index (χ1n) is 12.1. The molecule has 5 aromatic rings. The van der Waals surface area contributed by atoms with Crippen molar-refractivity contribution in [3.63, 3.8) is 0 Å². The van der Waals surface area contributed by atoms with Gasteiger partial charge in [-0.05, 0) is 72.1 Å². The summed E-state index contributed by atoms with van der Waals surface area (Å²) in [4.78, 5) is 17.2. The van der Waals surface area contributed by atoms with Crippen molar-refractivity contribution in [3.8, 4) is 22.8 Å². The summed E-state index contributed by atoms with van der Waals surface area (Å²) in [7, 11) is 0. The van der Waals surface area contributed by atoms with Crippen LogP contribution >= 0.6 is 0 Å². The summed E-state index contributed by atoms with van der Waals surface area (Å²) in [6.07, 6.45) is 16.8. The maximum Gasteiger partial charge on any atom is 2.00 e. The molecule has 0 aliphatic heterocycles. The standard InChI is InChI=1S/C21H22N3.C10H8N2.Os/c1-3-12-24-13-8-18(9-14-24)4-5-19-7-11-23-21(16-19)20-15-17(2)6-10-22-20;1-3-7-11-9(5-1)10-6-2-4-8-12-10;/h4-11,13-16H,3,12H2,1-2H3;1-8H;/q+1;;+2/b5-4+;;. The number of rotatable bonds is 6. The van der Waals surface area contributed by atoms with Crippen LogP contribution in [0.25, 0.3) is 34.9 Å². The van der Waals surface area contributed by atoms with E-state index < -0.39 is 0 Å². The van der Waals surface area contributed by atoms with Crippen molar-refractivity contribution < 1.29 is 24.4 Å². The van der Waals surface area contributed by atoms with Crippen LogP contribution in [0.4, 0.5) is 0 Å². The molecule has 5 nitrogen and oxygen atoms in total. The predicted molar refractivity (Wildman–Crippen MR) is 146 cm³/mol. The molecule has 0 fully saturated rings. The second-order valence-corrected chi connectivity index (χ2v) is 8.33. The van der Waals surface area contributed by atoms with Gasteiger partial charge >= 0.3 is 19.8 Å². The van der Waals surface area contributed by atoms with Gasteiger partial charge in [-0.25, -0.2) is 4.57 Å². The van der Waals surface area contributed by atoms with E-state index in [1.165, 1.54) is 11.1 Å². The molecule has 6 heteroatoms. The van der Waals surface area contributed by atoms with E-state index in [1.54, 1.807) is 12.4 Å². The molecule has 5 heterocycles. The quantitative estimate of drug-likeness (QED) is 0.196. The summed E-state index contributed by atoms with van der Waals surface area (Å²) in [6.45, 7) is 5.31. The van der Waals surface area contributed by atoms with Gasteiger partial charge in [0.05, 0.1) is 22.8 Å². The Morgan fingerprint density at radius 3 is 1.76 bits per heavy atom. The van der Waals surface area contributed by atoms with Crippen molar-refractivity contribution in [2.24, 2.45) is 0 Å². The third-order valence-corrected chi connectivity index (χ3v) is 5.42. The van der Waals surface area contributed by atoms with E-state index in [9.17, 15) is 0 Å². The molecule has 0 radical (unpaired) electrons. The molecule has 184 valence electrons. The third-order valence-electron chi connectivity index (χ3n) is 5.42. The number of hydrogen-bond acceptors (Lipinski definition) is 4. The maximum absolute atomic E-state index is 4.44. The van der Waals surface area contributed by atoms with Crippen LogP contribution in [0.3, 0.4) is 0 Å². The van der Waals surface area contributed by atoms with Crippen LogP contribution < -0.4 is 4.57 Å². The molecule has 0 N–H and O–H groups in total. The molecule has 0 bridgehead atoms. The van der Waals surface area contributed by atoms with Crippen molar-refractivity contribution in [2.45, 2.75) is 26.8 Å². The molecule has 0 aromatic carbocycles. The molecule has 0 aliphatic rings. The Kier molecular flexibility index (Phi) is 11.0. The Balaban J connectivity index is 0.000000246. The average Bonchev–Trinajstić information content (AvgIpc) is 2.94. The van der Waals surface area contributed by atoms with E-state index >= 15 is 0 Å². The first-order valence-corrected chi connectivity index (χ1v) is 12.1. The van der Waals surface area contributed by atoms with Gasteiger partial charge in [0.1, 0.15) is 6.54 Å². The fourth-order valence-corrected chi connectivity index (χ4v) is 3.58. The van der Waals surface area contributed by atoms with Crippen LogP contribution in [0.1, 0.15) is 30.0 Å². The van der Waals surface area contributed by atoms with Crippen LogP contribution in [0, 0.1) is 6.92 Å². The van der Waals surface area contributed by atoms with Crippen LogP contribution in [0.2, 0.25) is 0 Å². The van der Waals surface area contributed by atoms with Gasteiger partial charge < -0.3 is 0 Å². The van der Waals surface area contributed by atoms with Crippen molar-refractivity contribution in [1.82, 2.24) is 19.9 Å². The molecule has 0 unspecified atom stereocenters. The molecule has 0 atom stereocenters. The average molecular weight is 663 g/mol. The van der Waals surface area contributed by atoms with E-state index in [1.807, 2.05) is 60.9 Å². The van der Waals surface area contributed by atoms with Crippen molar-refractivity contribution in [3.05, 3.63) is 127 Å². The largest absolute Gasteiger partial charge is 2.00 e.